The summed E-state index contributed by atoms with van der Waals surface area (Å²) < 4.78 is 11.6. The summed E-state index contributed by atoms with van der Waals surface area (Å²) in [7, 11) is 1.57. The third kappa shape index (κ3) is 4.33. The van der Waals surface area contributed by atoms with Gasteiger partial charge in [0, 0.05) is 36.0 Å². The molecule has 0 aromatic carbocycles. The molecule has 1 N–H and O–H groups in total. The highest BCUT2D eigenvalue weighted by atomic mass is 32.1. The molecule has 0 saturated carbocycles. The molecule has 0 aliphatic heterocycles. The number of hydrogen-bond donors (Lipinski definition) is 1. The van der Waals surface area contributed by atoms with E-state index in [1.54, 1.807) is 48.1 Å². The first kappa shape index (κ1) is 19.2. The second-order valence-electron chi connectivity index (χ2n) is 5.85. The van der Waals surface area contributed by atoms with Crippen LogP contribution in [0.25, 0.3) is 20.8 Å². The number of nitrogens with one attached hydrogen (secondary N) is 1. The van der Waals surface area contributed by atoms with Crippen LogP contribution in [0.4, 0.5) is 0 Å². The monoisotopic (exact) mass is 427 g/mol. The van der Waals surface area contributed by atoms with Crippen molar-refractivity contribution in [2.45, 2.75) is 6.42 Å². The van der Waals surface area contributed by atoms with Crippen molar-refractivity contribution in [2.75, 3.05) is 20.3 Å². The minimum absolute atomic E-state index is 0.230. The summed E-state index contributed by atoms with van der Waals surface area (Å²) in [6.45, 7) is 0.904. The number of pyridine rings is 1. The maximum Gasteiger partial charge on any atom is 0.269 e. The second-order valence-corrected chi connectivity index (χ2v) is 7.61. The Morgan fingerprint density at radius 2 is 2.00 bits per heavy atom. The number of fused-ring (bicyclic) bond motifs is 1. The van der Waals surface area contributed by atoms with Gasteiger partial charge in [-0.3, -0.25) is 4.79 Å². The number of carbonyl (C=O) groups is 1. The van der Waals surface area contributed by atoms with Crippen molar-refractivity contribution in [3.63, 3.8) is 0 Å². The van der Waals surface area contributed by atoms with Gasteiger partial charge in [0.15, 0.2) is 0 Å². The minimum Gasteiger partial charge on any atom is -0.492 e. The summed E-state index contributed by atoms with van der Waals surface area (Å²) in [6, 6.07) is 3.34. The first-order valence-corrected chi connectivity index (χ1v) is 10.6. The van der Waals surface area contributed by atoms with Crippen LogP contribution in [0.2, 0.25) is 0 Å². The number of ether oxygens (including phenoxy) is 2. The molecule has 148 valence electrons. The van der Waals surface area contributed by atoms with Gasteiger partial charge in [0.25, 0.3) is 5.91 Å². The van der Waals surface area contributed by atoms with Gasteiger partial charge in [0.05, 0.1) is 24.8 Å². The number of thiazole rings is 1. The van der Waals surface area contributed by atoms with E-state index in [9.17, 15) is 4.79 Å². The average molecular weight is 428 g/mol. The van der Waals surface area contributed by atoms with E-state index >= 15 is 0 Å². The van der Waals surface area contributed by atoms with Gasteiger partial charge >= 0.3 is 0 Å². The first-order chi connectivity index (χ1) is 14.3. The van der Waals surface area contributed by atoms with Crippen LogP contribution in [0, 0.1) is 0 Å². The first-order valence-electron chi connectivity index (χ1n) is 8.82. The van der Waals surface area contributed by atoms with E-state index in [1.807, 2.05) is 10.8 Å². The molecule has 4 aromatic rings. The number of amides is 1. The highest BCUT2D eigenvalue weighted by Gasteiger charge is 2.15. The fourth-order valence-corrected chi connectivity index (χ4v) is 4.23. The van der Waals surface area contributed by atoms with Gasteiger partial charge in [-0.1, -0.05) is 0 Å². The van der Waals surface area contributed by atoms with E-state index in [4.69, 9.17) is 9.47 Å². The molecule has 0 spiro atoms. The lowest BCUT2D eigenvalue weighted by atomic mass is 10.2. The van der Waals surface area contributed by atoms with Crippen LogP contribution in [0.5, 0.6) is 11.6 Å². The van der Waals surface area contributed by atoms with Gasteiger partial charge < -0.3 is 14.8 Å². The number of hydrogen-bond acceptors (Lipinski definition) is 9. The van der Waals surface area contributed by atoms with Crippen molar-refractivity contribution in [1.29, 1.82) is 0 Å². The van der Waals surface area contributed by atoms with Gasteiger partial charge in [0.1, 0.15) is 27.6 Å². The Hall–Kier alpha value is -3.11. The fraction of sp³-hybridized carbons (Fsp3) is 0.211. The standard InChI is InChI=1S/C19H17N5O3S2/c1-20-16(25)14-4-3-12(9-22-14)26-6-2-7-27-17-15-13(18-21-5-8-28-18)10-29-19(15)24-11-23-17/h3-5,8-11H,2,6-7H2,1H3,(H,20,25). The zero-order valence-electron chi connectivity index (χ0n) is 15.5. The van der Waals surface area contributed by atoms with Crippen molar-refractivity contribution in [3.05, 3.63) is 47.3 Å². The SMILES string of the molecule is CNC(=O)c1ccc(OCCCOc2ncnc3scc(-c4nccs4)c23)cn1. The molecular formula is C19H17N5O3S2. The molecule has 4 rings (SSSR count). The Morgan fingerprint density at radius 3 is 2.76 bits per heavy atom. The van der Waals surface area contributed by atoms with Crippen LogP contribution in [0.15, 0.2) is 41.6 Å². The smallest absolute Gasteiger partial charge is 0.269 e. The van der Waals surface area contributed by atoms with E-state index in [0.717, 1.165) is 20.8 Å². The fourth-order valence-electron chi connectivity index (χ4n) is 2.62. The van der Waals surface area contributed by atoms with Crippen molar-refractivity contribution in [3.8, 4) is 22.2 Å². The molecule has 0 saturated heterocycles. The minimum atomic E-state index is -0.230. The maximum absolute atomic E-state index is 11.5. The van der Waals surface area contributed by atoms with Crippen molar-refractivity contribution in [2.24, 2.45) is 0 Å². The number of thiophene rings is 1. The Labute approximate surface area is 174 Å². The molecule has 0 radical (unpaired) electrons. The normalized spacial score (nSPS) is 10.8. The molecule has 0 fully saturated rings. The van der Waals surface area contributed by atoms with E-state index in [2.05, 4.69) is 25.3 Å². The van der Waals surface area contributed by atoms with Crippen LogP contribution in [0.1, 0.15) is 16.9 Å². The molecule has 0 aliphatic rings. The molecule has 0 aliphatic carbocycles. The topological polar surface area (TPSA) is 99.1 Å². The maximum atomic E-state index is 11.5. The largest absolute Gasteiger partial charge is 0.492 e. The molecule has 8 nitrogen and oxygen atoms in total. The quantitative estimate of drug-likeness (QED) is 0.430. The number of rotatable bonds is 8. The van der Waals surface area contributed by atoms with Crippen molar-refractivity contribution in [1.82, 2.24) is 25.3 Å². The predicted molar refractivity (Wildman–Crippen MR) is 112 cm³/mol. The molecule has 4 heterocycles. The van der Waals surface area contributed by atoms with E-state index in [1.165, 1.54) is 12.5 Å². The highest BCUT2D eigenvalue weighted by molar-refractivity contribution is 7.18. The van der Waals surface area contributed by atoms with Gasteiger partial charge in [0.2, 0.25) is 5.88 Å². The van der Waals surface area contributed by atoms with Crippen molar-refractivity contribution < 1.29 is 14.3 Å². The zero-order chi connectivity index (χ0) is 20.1. The molecule has 0 atom stereocenters. The van der Waals surface area contributed by atoms with E-state index < -0.39 is 0 Å². The van der Waals surface area contributed by atoms with E-state index in [0.29, 0.717) is 37.0 Å². The summed E-state index contributed by atoms with van der Waals surface area (Å²) >= 11 is 3.12. The van der Waals surface area contributed by atoms with Gasteiger partial charge in [-0.2, -0.15) is 0 Å². The summed E-state index contributed by atoms with van der Waals surface area (Å²) in [4.78, 5) is 29.4. The van der Waals surface area contributed by atoms with Crippen LogP contribution in [-0.4, -0.2) is 46.1 Å². The lowest BCUT2D eigenvalue weighted by molar-refractivity contribution is 0.0958. The van der Waals surface area contributed by atoms with Gasteiger partial charge in [-0.15, -0.1) is 22.7 Å². The van der Waals surface area contributed by atoms with Gasteiger partial charge in [-0.25, -0.2) is 19.9 Å². The van der Waals surface area contributed by atoms with Crippen LogP contribution < -0.4 is 14.8 Å². The summed E-state index contributed by atoms with van der Waals surface area (Å²) in [6.07, 6.45) is 5.49. The third-order valence-electron chi connectivity index (χ3n) is 3.99. The highest BCUT2D eigenvalue weighted by Crippen LogP contribution is 2.38. The Morgan fingerprint density at radius 1 is 1.10 bits per heavy atom. The molecule has 29 heavy (non-hydrogen) atoms. The lowest BCUT2D eigenvalue weighted by Gasteiger charge is -2.09. The molecular weight excluding hydrogens is 410 g/mol. The number of carbonyl (C=O) groups excluding carboxylic acids is 1. The number of nitrogens with zero attached hydrogens (tertiary/aromatic N) is 4. The Bertz CT molecular complexity index is 1100. The summed E-state index contributed by atoms with van der Waals surface area (Å²) in [5.74, 6) is 0.927. The van der Waals surface area contributed by atoms with Crippen LogP contribution >= 0.6 is 22.7 Å². The predicted octanol–water partition coefficient (Wildman–Crippen LogP) is 3.42. The third-order valence-corrected chi connectivity index (χ3v) is 5.68. The lowest BCUT2D eigenvalue weighted by Crippen LogP contribution is -2.18. The molecule has 0 unspecified atom stereocenters. The van der Waals surface area contributed by atoms with Gasteiger partial charge in [-0.05, 0) is 12.1 Å². The van der Waals surface area contributed by atoms with Crippen LogP contribution in [-0.2, 0) is 0 Å². The summed E-state index contributed by atoms with van der Waals surface area (Å²) in [5, 5.41) is 8.31. The Balaban J connectivity index is 1.34. The molecule has 4 aromatic heterocycles. The second kappa shape index (κ2) is 8.93. The zero-order valence-corrected chi connectivity index (χ0v) is 17.1. The van der Waals surface area contributed by atoms with Crippen LogP contribution in [0.3, 0.4) is 0 Å². The van der Waals surface area contributed by atoms with Crippen molar-refractivity contribution >= 4 is 38.8 Å². The summed E-state index contributed by atoms with van der Waals surface area (Å²) in [5.41, 5.74) is 1.34. The molecule has 0 bridgehead atoms. The molecule has 10 heteroatoms. The molecule has 1 amide bonds. The number of aromatic nitrogens is 4. The average Bonchev–Trinajstić information content (AvgIpc) is 3.43. The van der Waals surface area contributed by atoms with E-state index in [-0.39, 0.29) is 5.91 Å². The Kier molecular flexibility index (Phi) is 5.92.